The van der Waals surface area contributed by atoms with Crippen LogP contribution in [-0.2, 0) is 9.53 Å². The van der Waals surface area contributed by atoms with Crippen molar-refractivity contribution in [2.75, 3.05) is 26.2 Å². The molecule has 1 rings (SSSR count). The van der Waals surface area contributed by atoms with Crippen molar-refractivity contribution in [1.29, 1.82) is 0 Å². The third kappa shape index (κ3) is 4.94. The summed E-state index contributed by atoms with van der Waals surface area (Å²) in [6.07, 6.45) is 4.76. The fraction of sp³-hybridized carbons (Fsp3) is 0.929. The summed E-state index contributed by atoms with van der Waals surface area (Å²) >= 11 is 0. The van der Waals surface area contributed by atoms with E-state index in [9.17, 15) is 4.79 Å². The van der Waals surface area contributed by atoms with Crippen LogP contribution in [0.3, 0.4) is 0 Å². The van der Waals surface area contributed by atoms with Crippen LogP contribution in [0.25, 0.3) is 0 Å². The Morgan fingerprint density at radius 1 is 1.50 bits per heavy atom. The lowest BCUT2D eigenvalue weighted by atomic mass is 10.1. The van der Waals surface area contributed by atoms with E-state index < -0.39 is 0 Å². The second-order valence-electron chi connectivity index (χ2n) is 5.07. The lowest BCUT2D eigenvalue weighted by Gasteiger charge is -2.30. The molecule has 4 nitrogen and oxygen atoms in total. The normalized spacial score (nSPS) is 21.2. The molecule has 18 heavy (non-hydrogen) atoms. The van der Waals surface area contributed by atoms with Gasteiger partial charge in [0, 0.05) is 12.6 Å². The van der Waals surface area contributed by atoms with Crippen molar-refractivity contribution in [2.45, 2.75) is 58.5 Å². The first-order valence-electron chi connectivity index (χ1n) is 7.33. The predicted octanol–water partition coefficient (Wildman–Crippen LogP) is 1.79. The van der Waals surface area contributed by atoms with Crippen molar-refractivity contribution in [3.05, 3.63) is 0 Å². The van der Waals surface area contributed by atoms with Gasteiger partial charge in [-0.3, -0.25) is 9.69 Å². The molecular formula is C14H28N2O2. The standard InChI is InChI=1S/C14H28N2O2/c1-4-6-10-16(11-13-8-7-9-15-13)12(3)14(17)18-5-2/h12-13,15H,4-11H2,1-3H3. The molecule has 1 saturated heterocycles. The van der Waals surface area contributed by atoms with Crippen LogP contribution < -0.4 is 5.32 Å². The number of nitrogens with one attached hydrogen (secondary N) is 1. The molecule has 106 valence electrons. The molecule has 0 amide bonds. The summed E-state index contributed by atoms with van der Waals surface area (Å²) in [5, 5.41) is 3.50. The van der Waals surface area contributed by atoms with Gasteiger partial charge in [0.1, 0.15) is 6.04 Å². The van der Waals surface area contributed by atoms with E-state index in [4.69, 9.17) is 4.74 Å². The molecule has 0 radical (unpaired) electrons. The van der Waals surface area contributed by atoms with Crippen molar-refractivity contribution in [3.8, 4) is 0 Å². The van der Waals surface area contributed by atoms with Gasteiger partial charge in [0.05, 0.1) is 6.61 Å². The van der Waals surface area contributed by atoms with E-state index in [1.165, 1.54) is 12.8 Å². The molecule has 0 aromatic rings. The van der Waals surface area contributed by atoms with Crippen LogP contribution in [0.5, 0.6) is 0 Å². The van der Waals surface area contributed by atoms with Crippen molar-refractivity contribution < 1.29 is 9.53 Å². The van der Waals surface area contributed by atoms with Crippen LogP contribution in [0.15, 0.2) is 0 Å². The molecule has 2 unspecified atom stereocenters. The number of ether oxygens (including phenoxy) is 1. The first-order chi connectivity index (χ1) is 8.69. The highest BCUT2D eigenvalue weighted by Gasteiger charge is 2.25. The number of rotatable bonds is 8. The summed E-state index contributed by atoms with van der Waals surface area (Å²) in [4.78, 5) is 14.1. The van der Waals surface area contributed by atoms with Gasteiger partial charge in [0.2, 0.25) is 0 Å². The van der Waals surface area contributed by atoms with Gasteiger partial charge in [-0.15, -0.1) is 0 Å². The van der Waals surface area contributed by atoms with Crippen LogP contribution >= 0.6 is 0 Å². The molecule has 1 fully saturated rings. The van der Waals surface area contributed by atoms with Gasteiger partial charge in [0.15, 0.2) is 0 Å². The number of nitrogens with zero attached hydrogens (tertiary/aromatic N) is 1. The number of carbonyl (C=O) groups is 1. The third-order valence-electron chi connectivity index (χ3n) is 3.59. The third-order valence-corrected chi connectivity index (χ3v) is 3.59. The SMILES string of the molecule is CCCCN(CC1CCCN1)C(C)C(=O)OCC. The number of hydrogen-bond acceptors (Lipinski definition) is 4. The van der Waals surface area contributed by atoms with E-state index in [0.29, 0.717) is 12.6 Å². The molecule has 0 aromatic heterocycles. The van der Waals surface area contributed by atoms with Gasteiger partial charge >= 0.3 is 5.97 Å². The summed E-state index contributed by atoms with van der Waals surface area (Å²) in [5.41, 5.74) is 0. The van der Waals surface area contributed by atoms with Gasteiger partial charge in [-0.1, -0.05) is 13.3 Å². The van der Waals surface area contributed by atoms with Crippen LogP contribution in [0.1, 0.15) is 46.5 Å². The van der Waals surface area contributed by atoms with Crippen molar-refractivity contribution in [3.63, 3.8) is 0 Å². The second kappa shape index (κ2) is 8.48. The molecule has 1 aliphatic rings. The molecule has 0 aromatic carbocycles. The highest BCUT2D eigenvalue weighted by atomic mass is 16.5. The van der Waals surface area contributed by atoms with Crippen LogP contribution in [0, 0.1) is 0 Å². The summed E-state index contributed by atoms with van der Waals surface area (Å²) in [5.74, 6) is -0.0911. The highest BCUT2D eigenvalue weighted by molar-refractivity contribution is 5.75. The van der Waals surface area contributed by atoms with E-state index in [1.807, 2.05) is 13.8 Å². The Morgan fingerprint density at radius 2 is 2.28 bits per heavy atom. The summed E-state index contributed by atoms with van der Waals surface area (Å²) in [7, 11) is 0. The zero-order valence-electron chi connectivity index (χ0n) is 12.1. The number of esters is 1. The van der Waals surface area contributed by atoms with Gasteiger partial charge in [-0.05, 0) is 46.2 Å². The minimum Gasteiger partial charge on any atom is -0.465 e. The van der Waals surface area contributed by atoms with Gasteiger partial charge in [0.25, 0.3) is 0 Å². The number of unbranched alkanes of at least 4 members (excludes halogenated alkanes) is 1. The smallest absolute Gasteiger partial charge is 0.323 e. The van der Waals surface area contributed by atoms with Gasteiger partial charge < -0.3 is 10.1 Å². The first-order valence-corrected chi connectivity index (χ1v) is 7.33. The summed E-state index contributed by atoms with van der Waals surface area (Å²) < 4.78 is 5.13. The van der Waals surface area contributed by atoms with Crippen molar-refractivity contribution >= 4 is 5.97 Å². The predicted molar refractivity (Wildman–Crippen MR) is 73.6 cm³/mol. The molecule has 0 bridgehead atoms. The van der Waals surface area contributed by atoms with E-state index >= 15 is 0 Å². The quantitative estimate of drug-likeness (QED) is 0.672. The Hall–Kier alpha value is -0.610. The van der Waals surface area contributed by atoms with E-state index in [0.717, 1.165) is 32.5 Å². The zero-order valence-corrected chi connectivity index (χ0v) is 12.1. The second-order valence-corrected chi connectivity index (χ2v) is 5.07. The molecule has 0 spiro atoms. The van der Waals surface area contributed by atoms with Crippen LogP contribution in [0.4, 0.5) is 0 Å². The molecule has 0 saturated carbocycles. The molecule has 1 heterocycles. The minimum absolute atomic E-state index is 0.0911. The van der Waals surface area contributed by atoms with Crippen LogP contribution in [0.2, 0.25) is 0 Å². The highest BCUT2D eigenvalue weighted by Crippen LogP contribution is 2.11. The number of carbonyl (C=O) groups excluding carboxylic acids is 1. The lowest BCUT2D eigenvalue weighted by Crippen LogP contribution is -2.46. The monoisotopic (exact) mass is 256 g/mol. The minimum atomic E-state index is -0.126. The molecule has 1 aliphatic heterocycles. The Bertz CT molecular complexity index is 240. The molecule has 1 N–H and O–H groups in total. The first kappa shape index (κ1) is 15.4. The molecule has 2 atom stereocenters. The summed E-state index contributed by atoms with van der Waals surface area (Å²) in [6.45, 7) is 9.52. The lowest BCUT2D eigenvalue weighted by molar-refractivity contribution is -0.149. The maximum atomic E-state index is 11.8. The van der Waals surface area contributed by atoms with Crippen molar-refractivity contribution in [1.82, 2.24) is 10.2 Å². The van der Waals surface area contributed by atoms with E-state index in [1.54, 1.807) is 0 Å². The Labute approximate surface area is 111 Å². The number of hydrogen-bond donors (Lipinski definition) is 1. The fourth-order valence-corrected chi connectivity index (χ4v) is 2.41. The Kier molecular flexibility index (Phi) is 7.28. The average Bonchev–Trinajstić information content (AvgIpc) is 2.86. The Morgan fingerprint density at radius 3 is 2.83 bits per heavy atom. The largest absolute Gasteiger partial charge is 0.465 e. The molecular weight excluding hydrogens is 228 g/mol. The topological polar surface area (TPSA) is 41.6 Å². The Balaban J connectivity index is 2.49. The van der Waals surface area contributed by atoms with E-state index in [-0.39, 0.29) is 12.0 Å². The molecule has 4 heteroatoms. The van der Waals surface area contributed by atoms with Crippen LogP contribution in [-0.4, -0.2) is 49.2 Å². The maximum Gasteiger partial charge on any atom is 0.323 e. The zero-order chi connectivity index (χ0) is 13.4. The van der Waals surface area contributed by atoms with E-state index in [2.05, 4.69) is 17.1 Å². The van der Waals surface area contributed by atoms with Crippen molar-refractivity contribution in [2.24, 2.45) is 0 Å². The van der Waals surface area contributed by atoms with Gasteiger partial charge in [-0.2, -0.15) is 0 Å². The molecule has 0 aliphatic carbocycles. The van der Waals surface area contributed by atoms with Gasteiger partial charge in [-0.25, -0.2) is 0 Å². The maximum absolute atomic E-state index is 11.8. The average molecular weight is 256 g/mol. The fourth-order valence-electron chi connectivity index (χ4n) is 2.41. The summed E-state index contributed by atoms with van der Waals surface area (Å²) in [6, 6.07) is 0.414.